The van der Waals surface area contributed by atoms with Crippen molar-refractivity contribution in [2.24, 2.45) is 5.18 Å². The van der Waals surface area contributed by atoms with E-state index in [1.54, 1.807) is 6.07 Å². The van der Waals surface area contributed by atoms with E-state index in [2.05, 4.69) is 10.5 Å². The Morgan fingerprint density at radius 3 is 2.54 bits per heavy atom. The Kier molecular flexibility index (Phi) is 4.48. The van der Waals surface area contributed by atoms with E-state index < -0.39 is 5.63 Å². The fourth-order valence-corrected chi connectivity index (χ4v) is 2.82. The van der Waals surface area contributed by atoms with Crippen molar-refractivity contribution in [1.82, 2.24) is 10.2 Å². The summed E-state index contributed by atoms with van der Waals surface area (Å²) in [5.74, 6) is -0.521. The van der Waals surface area contributed by atoms with Gasteiger partial charge in [0.15, 0.2) is 0 Å². The van der Waals surface area contributed by atoms with E-state index in [9.17, 15) is 19.3 Å². The summed E-state index contributed by atoms with van der Waals surface area (Å²) >= 11 is 0. The fourth-order valence-electron chi connectivity index (χ4n) is 2.82. The molecule has 3 rings (SSSR count). The van der Waals surface area contributed by atoms with Gasteiger partial charge in [0.1, 0.15) is 11.3 Å². The van der Waals surface area contributed by atoms with Gasteiger partial charge in [-0.1, -0.05) is 0 Å². The Morgan fingerprint density at radius 1 is 1.08 bits per heavy atom. The highest BCUT2D eigenvalue weighted by Gasteiger charge is 2.25. The van der Waals surface area contributed by atoms with E-state index >= 15 is 0 Å². The Morgan fingerprint density at radius 2 is 1.83 bits per heavy atom. The van der Waals surface area contributed by atoms with Gasteiger partial charge in [-0.15, -0.1) is 4.91 Å². The number of hydrogen-bond acceptors (Lipinski definition) is 7. The van der Waals surface area contributed by atoms with Gasteiger partial charge in [0, 0.05) is 18.0 Å². The van der Waals surface area contributed by atoms with E-state index in [1.165, 1.54) is 23.1 Å². The molecule has 2 amide bonds. The minimum Gasteiger partial charge on any atom is -0.423 e. The summed E-state index contributed by atoms with van der Waals surface area (Å²) in [6.07, 6.45) is 0.912. The van der Waals surface area contributed by atoms with Gasteiger partial charge in [-0.05, 0) is 41.8 Å². The van der Waals surface area contributed by atoms with Crippen LogP contribution >= 0.6 is 0 Å². The molecule has 0 unspecified atom stereocenters. The van der Waals surface area contributed by atoms with E-state index in [1.807, 2.05) is 0 Å². The van der Waals surface area contributed by atoms with Crippen molar-refractivity contribution >= 4 is 28.5 Å². The van der Waals surface area contributed by atoms with Gasteiger partial charge in [0.25, 0.3) is 0 Å². The molecule has 0 atom stereocenters. The zero-order chi connectivity index (χ0) is 17.1. The molecule has 1 N–H and O–H groups in total. The Labute approximate surface area is 136 Å². The van der Waals surface area contributed by atoms with Gasteiger partial charge in [0.2, 0.25) is 11.8 Å². The Hall–Kier alpha value is -2.87. The summed E-state index contributed by atoms with van der Waals surface area (Å²) in [7, 11) is 0. The summed E-state index contributed by atoms with van der Waals surface area (Å²) in [5, 5.41) is 6.37. The first-order valence-electron chi connectivity index (χ1n) is 7.53. The molecule has 2 heterocycles. The predicted octanol–water partition coefficient (Wildman–Crippen LogP) is 1.08. The highest BCUT2D eigenvalue weighted by atomic mass is 16.4. The molecule has 0 spiro atoms. The van der Waals surface area contributed by atoms with Crippen molar-refractivity contribution in [2.75, 3.05) is 19.6 Å². The second-order valence-electron chi connectivity index (χ2n) is 5.47. The zero-order valence-corrected chi connectivity index (χ0v) is 12.8. The lowest BCUT2D eigenvalue weighted by Gasteiger charge is -2.25. The average Bonchev–Trinajstić information content (AvgIpc) is 2.57. The molecule has 1 aliphatic rings. The lowest BCUT2D eigenvalue weighted by atomic mass is 10.0. The molecule has 1 aliphatic heterocycles. The van der Waals surface area contributed by atoms with Crippen molar-refractivity contribution in [1.29, 1.82) is 0 Å². The number of hydrogen-bond donors (Lipinski definition) is 1. The van der Waals surface area contributed by atoms with Gasteiger partial charge in [-0.3, -0.25) is 19.8 Å². The van der Waals surface area contributed by atoms with Crippen molar-refractivity contribution in [2.45, 2.75) is 12.8 Å². The highest BCUT2D eigenvalue weighted by molar-refractivity contribution is 5.99. The quantitative estimate of drug-likeness (QED) is 0.499. The molecule has 124 valence electrons. The number of aryl methyl sites for hydroxylation is 1. The largest absolute Gasteiger partial charge is 0.423 e. The molecule has 1 saturated heterocycles. The zero-order valence-electron chi connectivity index (χ0n) is 12.8. The SMILES string of the molecule is O=Nc1ccc2oc(=O)ccc2c1CCCN1C(=O)CNCC1=O. The Balaban J connectivity index is 1.81. The van der Waals surface area contributed by atoms with Crippen LogP contribution in [-0.2, 0) is 16.0 Å². The van der Waals surface area contributed by atoms with Crippen LogP contribution in [-0.4, -0.2) is 36.3 Å². The average molecular weight is 329 g/mol. The number of nitrogens with one attached hydrogen (secondary N) is 1. The maximum atomic E-state index is 11.7. The number of carbonyl (C=O) groups is 2. The van der Waals surface area contributed by atoms with Crippen LogP contribution in [0.2, 0.25) is 0 Å². The monoisotopic (exact) mass is 329 g/mol. The van der Waals surface area contributed by atoms with Gasteiger partial charge < -0.3 is 4.42 Å². The summed E-state index contributed by atoms with van der Waals surface area (Å²) in [5.41, 5.74) is 0.798. The van der Waals surface area contributed by atoms with Crippen LogP contribution in [0.5, 0.6) is 0 Å². The molecule has 0 bridgehead atoms. The molecular weight excluding hydrogens is 314 g/mol. The van der Waals surface area contributed by atoms with Crippen molar-refractivity contribution < 1.29 is 14.0 Å². The van der Waals surface area contributed by atoms with Gasteiger partial charge in [-0.25, -0.2) is 4.79 Å². The minimum atomic E-state index is -0.475. The van der Waals surface area contributed by atoms with Crippen LogP contribution in [0.1, 0.15) is 12.0 Å². The van der Waals surface area contributed by atoms with Gasteiger partial charge in [0.05, 0.1) is 13.1 Å². The maximum absolute atomic E-state index is 11.7. The first-order chi connectivity index (χ1) is 11.6. The van der Waals surface area contributed by atoms with Crippen molar-refractivity contribution in [3.63, 3.8) is 0 Å². The molecule has 1 aromatic heterocycles. The maximum Gasteiger partial charge on any atom is 0.336 e. The third kappa shape index (κ3) is 3.09. The standard InChI is InChI=1S/C16H15N3O5/c20-14-8-17-9-15(21)19(14)7-1-2-10-11-3-6-16(22)24-13(11)5-4-12(10)18-23/h3-6,17H,1-2,7-9H2. The molecule has 2 aromatic rings. The molecule has 0 radical (unpaired) electrons. The highest BCUT2D eigenvalue weighted by Crippen LogP contribution is 2.28. The van der Waals surface area contributed by atoms with E-state index in [0.717, 1.165) is 0 Å². The van der Waals surface area contributed by atoms with Gasteiger partial charge in [-0.2, -0.15) is 0 Å². The molecular formula is C16H15N3O5. The first kappa shape index (κ1) is 16.0. The van der Waals surface area contributed by atoms with Gasteiger partial charge >= 0.3 is 5.63 Å². The smallest absolute Gasteiger partial charge is 0.336 e. The molecule has 24 heavy (non-hydrogen) atoms. The third-order valence-corrected chi connectivity index (χ3v) is 3.95. The molecule has 1 fully saturated rings. The van der Waals surface area contributed by atoms with Crippen LogP contribution in [0.25, 0.3) is 11.0 Å². The molecule has 1 aromatic carbocycles. The molecule has 0 saturated carbocycles. The van der Waals surface area contributed by atoms with Crippen LogP contribution in [0.15, 0.2) is 38.7 Å². The van der Waals surface area contributed by atoms with Crippen LogP contribution in [0, 0.1) is 4.91 Å². The normalized spacial score (nSPS) is 15.1. The van der Waals surface area contributed by atoms with Crippen LogP contribution in [0.3, 0.4) is 0 Å². The number of benzene rings is 1. The third-order valence-electron chi connectivity index (χ3n) is 3.95. The first-order valence-corrected chi connectivity index (χ1v) is 7.53. The number of nitroso groups, excluding NO2 is 1. The number of nitrogens with zero attached hydrogens (tertiary/aromatic N) is 2. The number of amides is 2. The Bertz CT molecular complexity index is 858. The van der Waals surface area contributed by atoms with E-state index in [0.29, 0.717) is 29.4 Å². The number of imide groups is 1. The number of fused-ring (bicyclic) bond motifs is 1. The summed E-state index contributed by atoms with van der Waals surface area (Å²) in [6.45, 7) is 0.559. The van der Waals surface area contributed by atoms with E-state index in [4.69, 9.17) is 4.42 Å². The van der Waals surface area contributed by atoms with E-state index in [-0.39, 0.29) is 37.1 Å². The summed E-state index contributed by atoms with van der Waals surface area (Å²) in [4.78, 5) is 47.0. The minimum absolute atomic E-state index is 0.145. The summed E-state index contributed by atoms with van der Waals surface area (Å²) < 4.78 is 5.11. The molecule has 8 nitrogen and oxygen atoms in total. The van der Waals surface area contributed by atoms with Crippen molar-refractivity contribution in [3.8, 4) is 0 Å². The lowest BCUT2D eigenvalue weighted by molar-refractivity contribution is -0.146. The van der Waals surface area contributed by atoms with Crippen LogP contribution < -0.4 is 10.9 Å². The second kappa shape index (κ2) is 6.71. The topological polar surface area (TPSA) is 109 Å². The predicted molar refractivity (Wildman–Crippen MR) is 85.8 cm³/mol. The van der Waals surface area contributed by atoms with Crippen LogP contribution in [0.4, 0.5) is 5.69 Å². The second-order valence-corrected chi connectivity index (χ2v) is 5.47. The number of piperazine rings is 1. The lowest BCUT2D eigenvalue weighted by Crippen LogP contribution is -2.52. The van der Waals surface area contributed by atoms with Crippen molar-refractivity contribution in [3.05, 3.63) is 45.2 Å². The number of rotatable bonds is 5. The number of carbonyl (C=O) groups excluding carboxylic acids is 2. The molecule has 8 heteroatoms. The molecule has 0 aliphatic carbocycles. The fraction of sp³-hybridized carbons (Fsp3) is 0.312. The summed E-state index contributed by atoms with van der Waals surface area (Å²) in [6, 6.07) is 5.89.